The van der Waals surface area contributed by atoms with E-state index in [2.05, 4.69) is 5.32 Å². The van der Waals surface area contributed by atoms with E-state index in [1.165, 1.54) is 12.1 Å². The van der Waals surface area contributed by atoms with E-state index < -0.39 is 5.82 Å². The Kier molecular flexibility index (Phi) is 5.94. The molecule has 4 heteroatoms. The summed E-state index contributed by atoms with van der Waals surface area (Å²) >= 11 is 0. The zero-order chi connectivity index (χ0) is 12.7. The van der Waals surface area contributed by atoms with Crippen molar-refractivity contribution in [2.75, 3.05) is 13.2 Å². The lowest BCUT2D eigenvalue weighted by atomic mass is 10.1. The number of aliphatic hydroxyl groups excluding tert-OH is 1. The van der Waals surface area contributed by atoms with Crippen LogP contribution in [0, 0.1) is 11.7 Å². The van der Waals surface area contributed by atoms with Gasteiger partial charge in [-0.3, -0.25) is 0 Å². The van der Waals surface area contributed by atoms with Gasteiger partial charge in [0.15, 0.2) is 11.6 Å². The third-order valence-corrected chi connectivity index (χ3v) is 2.70. The quantitative estimate of drug-likeness (QED) is 0.640. The van der Waals surface area contributed by atoms with Crippen LogP contribution in [0.4, 0.5) is 4.39 Å². The van der Waals surface area contributed by atoms with Gasteiger partial charge in [0, 0.05) is 13.2 Å². The zero-order valence-electron chi connectivity index (χ0n) is 10.1. The minimum atomic E-state index is -0.585. The van der Waals surface area contributed by atoms with Crippen molar-refractivity contribution < 1.29 is 14.6 Å². The molecule has 1 rings (SSSR count). The number of nitrogens with one attached hydrogen (secondary N) is 1. The summed E-state index contributed by atoms with van der Waals surface area (Å²) in [5.41, 5.74) is 0.815. The summed E-state index contributed by atoms with van der Waals surface area (Å²) in [6.07, 6.45) is 1.97. The van der Waals surface area contributed by atoms with Crippen molar-refractivity contribution in [2.45, 2.75) is 26.3 Å². The van der Waals surface area contributed by atoms with Crippen LogP contribution >= 0.6 is 0 Å². The number of phenolic OH excluding ortho intramolecular Hbond substituents is 1. The van der Waals surface area contributed by atoms with Gasteiger partial charge in [-0.05, 0) is 43.0 Å². The Hall–Kier alpha value is -1.13. The molecule has 0 heterocycles. The fourth-order valence-electron chi connectivity index (χ4n) is 1.56. The molecule has 0 spiro atoms. The van der Waals surface area contributed by atoms with Crippen molar-refractivity contribution in [3.05, 3.63) is 29.6 Å². The van der Waals surface area contributed by atoms with Crippen LogP contribution in [0.1, 0.15) is 25.3 Å². The second-order valence-corrected chi connectivity index (χ2v) is 4.39. The van der Waals surface area contributed by atoms with Gasteiger partial charge < -0.3 is 15.5 Å². The fraction of sp³-hybridized carbons (Fsp3) is 0.538. The lowest BCUT2D eigenvalue weighted by molar-refractivity contribution is 0.228. The maximum atomic E-state index is 13.0. The number of rotatable bonds is 7. The molecule has 0 saturated heterocycles. The van der Waals surface area contributed by atoms with Crippen LogP contribution in [-0.4, -0.2) is 23.4 Å². The van der Waals surface area contributed by atoms with E-state index >= 15 is 0 Å². The van der Waals surface area contributed by atoms with Gasteiger partial charge in [-0.25, -0.2) is 4.39 Å². The minimum absolute atomic E-state index is 0.225. The molecule has 1 unspecified atom stereocenters. The lowest BCUT2D eigenvalue weighted by Gasteiger charge is -2.08. The standard InChI is InChI=1S/C13H20FNO2/c1-10(9-16)3-2-6-15-8-11-4-5-13(17)12(14)7-11/h4-5,7,10,15-17H,2-3,6,8-9H2,1H3. The molecule has 0 bridgehead atoms. The largest absolute Gasteiger partial charge is 0.505 e. The first-order chi connectivity index (χ1) is 8.13. The molecule has 0 amide bonds. The van der Waals surface area contributed by atoms with Crippen LogP contribution in [0.3, 0.4) is 0 Å². The van der Waals surface area contributed by atoms with E-state index in [0.717, 1.165) is 24.9 Å². The molecule has 3 N–H and O–H groups in total. The second-order valence-electron chi connectivity index (χ2n) is 4.39. The Morgan fingerprint density at radius 2 is 2.18 bits per heavy atom. The summed E-state index contributed by atoms with van der Waals surface area (Å²) in [6, 6.07) is 4.39. The average Bonchev–Trinajstić information content (AvgIpc) is 2.33. The van der Waals surface area contributed by atoms with Gasteiger partial charge >= 0.3 is 0 Å². The molecule has 17 heavy (non-hydrogen) atoms. The SMILES string of the molecule is CC(CO)CCCNCc1ccc(O)c(F)c1. The van der Waals surface area contributed by atoms with E-state index in [1.807, 2.05) is 6.92 Å². The van der Waals surface area contributed by atoms with Crippen LogP contribution in [0.25, 0.3) is 0 Å². The first kappa shape index (κ1) is 13.9. The predicted molar refractivity (Wildman–Crippen MR) is 65.3 cm³/mol. The van der Waals surface area contributed by atoms with Crippen molar-refractivity contribution in [1.82, 2.24) is 5.32 Å². The van der Waals surface area contributed by atoms with Crippen molar-refractivity contribution in [3.8, 4) is 5.75 Å². The monoisotopic (exact) mass is 241 g/mol. The van der Waals surface area contributed by atoms with Crippen molar-refractivity contribution >= 4 is 0 Å². The molecule has 0 aliphatic heterocycles. The maximum absolute atomic E-state index is 13.0. The minimum Gasteiger partial charge on any atom is -0.505 e. The molecule has 0 radical (unpaired) electrons. The highest BCUT2D eigenvalue weighted by molar-refractivity contribution is 5.27. The Morgan fingerprint density at radius 3 is 2.82 bits per heavy atom. The van der Waals surface area contributed by atoms with E-state index in [0.29, 0.717) is 12.5 Å². The maximum Gasteiger partial charge on any atom is 0.165 e. The molecular weight excluding hydrogens is 221 g/mol. The van der Waals surface area contributed by atoms with Gasteiger partial charge in [0.2, 0.25) is 0 Å². The second kappa shape index (κ2) is 7.25. The molecule has 1 aromatic carbocycles. The van der Waals surface area contributed by atoms with E-state index in [9.17, 15) is 4.39 Å². The van der Waals surface area contributed by atoms with Crippen LogP contribution in [0.2, 0.25) is 0 Å². The Balaban J connectivity index is 2.20. The van der Waals surface area contributed by atoms with E-state index in [4.69, 9.17) is 10.2 Å². The number of hydrogen-bond acceptors (Lipinski definition) is 3. The highest BCUT2D eigenvalue weighted by Crippen LogP contribution is 2.15. The summed E-state index contributed by atoms with van der Waals surface area (Å²) in [4.78, 5) is 0. The summed E-state index contributed by atoms with van der Waals surface area (Å²) < 4.78 is 13.0. The molecule has 0 aromatic heterocycles. The molecule has 0 aliphatic rings. The predicted octanol–water partition coefficient (Wildman–Crippen LogP) is 2.03. The van der Waals surface area contributed by atoms with E-state index in [1.54, 1.807) is 6.07 Å². The molecule has 96 valence electrons. The van der Waals surface area contributed by atoms with Gasteiger partial charge in [-0.2, -0.15) is 0 Å². The Morgan fingerprint density at radius 1 is 1.41 bits per heavy atom. The summed E-state index contributed by atoms with van der Waals surface area (Å²) in [6.45, 7) is 3.66. The van der Waals surface area contributed by atoms with Gasteiger partial charge in [0.1, 0.15) is 0 Å². The van der Waals surface area contributed by atoms with Gasteiger partial charge in [0.05, 0.1) is 0 Å². The normalized spacial score (nSPS) is 12.6. The van der Waals surface area contributed by atoms with Crippen molar-refractivity contribution in [2.24, 2.45) is 5.92 Å². The smallest absolute Gasteiger partial charge is 0.165 e. The van der Waals surface area contributed by atoms with Crippen LogP contribution in [0.15, 0.2) is 18.2 Å². The molecule has 0 aliphatic carbocycles. The Labute approximate surface area is 101 Å². The molecule has 1 aromatic rings. The van der Waals surface area contributed by atoms with E-state index in [-0.39, 0.29) is 12.4 Å². The molecule has 1 atom stereocenters. The topological polar surface area (TPSA) is 52.5 Å². The first-order valence-corrected chi connectivity index (χ1v) is 5.92. The number of phenols is 1. The van der Waals surface area contributed by atoms with Crippen LogP contribution in [0.5, 0.6) is 5.75 Å². The number of benzene rings is 1. The zero-order valence-corrected chi connectivity index (χ0v) is 10.1. The third-order valence-electron chi connectivity index (χ3n) is 2.70. The van der Waals surface area contributed by atoms with Gasteiger partial charge in [0.25, 0.3) is 0 Å². The van der Waals surface area contributed by atoms with Crippen LogP contribution < -0.4 is 5.32 Å². The van der Waals surface area contributed by atoms with Crippen molar-refractivity contribution in [3.63, 3.8) is 0 Å². The molecule has 0 saturated carbocycles. The highest BCUT2D eigenvalue weighted by atomic mass is 19.1. The summed E-state index contributed by atoms with van der Waals surface area (Å²) in [5, 5.41) is 21.1. The van der Waals surface area contributed by atoms with Crippen LogP contribution in [-0.2, 0) is 6.54 Å². The number of aliphatic hydroxyl groups is 1. The summed E-state index contributed by atoms with van der Waals surface area (Å²) in [5.74, 6) is -0.563. The number of hydrogen-bond donors (Lipinski definition) is 3. The third kappa shape index (κ3) is 5.15. The Bertz CT molecular complexity index is 344. The van der Waals surface area contributed by atoms with Gasteiger partial charge in [-0.1, -0.05) is 13.0 Å². The number of halogens is 1. The fourth-order valence-corrected chi connectivity index (χ4v) is 1.56. The van der Waals surface area contributed by atoms with Gasteiger partial charge in [-0.15, -0.1) is 0 Å². The average molecular weight is 241 g/mol. The molecule has 3 nitrogen and oxygen atoms in total. The summed E-state index contributed by atoms with van der Waals surface area (Å²) in [7, 11) is 0. The molecular formula is C13H20FNO2. The van der Waals surface area contributed by atoms with Crippen molar-refractivity contribution in [1.29, 1.82) is 0 Å². The molecule has 0 fully saturated rings. The highest BCUT2D eigenvalue weighted by Gasteiger charge is 2.02. The first-order valence-electron chi connectivity index (χ1n) is 5.92. The lowest BCUT2D eigenvalue weighted by Crippen LogP contribution is -2.16. The number of aromatic hydroxyl groups is 1.